The van der Waals surface area contributed by atoms with Gasteiger partial charge in [0.25, 0.3) is 0 Å². The van der Waals surface area contributed by atoms with E-state index in [1.54, 1.807) is 23.2 Å². The summed E-state index contributed by atoms with van der Waals surface area (Å²) in [6, 6.07) is 9.20. The highest BCUT2D eigenvalue weighted by Gasteiger charge is 2.31. The number of amides is 1. The molecule has 1 aliphatic heterocycles. The summed E-state index contributed by atoms with van der Waals surface area (Å²) in [5, 5.41) is 0. The van der Waals surface area contributed by atoms with Crippen molar-refractivity contribution in [1.82, 2.24) is 4.98 Å². The minimum absolute atomic E-state index is 0.0552. The topological polar surface area (TPSA) is 59.5 Å². The van der Waals surface area contributed by atoms with Crippen LogP contribution >= 0.6 is 0 Å². The van der Waals surface area contributed by atoms with Crippen LogP contribution in [0.15, 0.2) is 36.5 Å². The Labute approximate surface area is 134 Å². The number of carbonyl (C=O) groups excluding carboxylic acids is 2. The molecule has 1 saturated heterocycles. The van der Waals surface area contributed by atoms with E-state index in [-0.39, 0.29) is 17.9 Å². The number of nitrogens with zero attached hydrogens (tertiary/aromatic N) is 2. The minimum Gasteiger partial charge on any atom is -0.447 e. The molecule has 0 radical (unpaired) electrons. The van der Waals surface area contributed by atoms with Gasteiger partial charge in [-0.3, -0.25) is 14.7 Å². The number of anilines is 1. The highest BCUT2D eigenvalue weighted by Crippen LogP contribution is 2.30. The summed E-state index contributed by atoms with van der Waals surface area (Å²) in [7, 11) is 0. The van der Waals surface area contributed by atoms with Gasteiger partial charge in [0.15, 0.2) is 5.78 Å². The minimum atomic E-state index is -0.388. The molecule has 2 heterocycles. The van der Waals surface area contributed by atoms with Gasteiger partial charge in [-0.2, -0.15) is 0 Å². The van der Waals surface area contributed by atoms with Crippen LogP contribution in [-0.4, -0.2) is 29.5 Å². The van der Waals surface area contributed by atoms with Crippen molar-refractivity contribution in [3.63, 3.8) is 0 Å². The molecule has 0 spiro atoms. The lowest BCUT2D eigenvalue weighted by atomic mass is 10.0. The number of aryl methyl sites for hydroxylation is 1. The lowest BCUT2D eigenvalue weighted by Gasteiger charge is -2.19. The van der Waals surface area contributed by atoms with E-state index in [1.165, 1.54) is 6.92 Å². The van der Waals surface area contributed by atoms with Crippen molar-refractivity contribution in [2.45, 2.75) is 26.8 Å². The molecule has 5 heteroatoms. The third kappa shape index (κ3) is 2.95. The van der Waals surface area contributed by atoms with Gasteiger partial charge >= 0.3 is 6.09 Å². The van der Waals surface area contributed by atoms with Crippen molar-refractivity contribution < 1.29 is 14.3 Å². The predicted octanol–water partition coefficient (Wildman–Crippen LogP) is 3.60. The zero-order valence-electron chi connectivity index (χ0n) is 13.4. The number of pyridine rings is 1. The van der Waals surface area contributed by atoms with Gasteiger partial charge in [-0.05, 0) is 50.6 Å². The highest BCUT2D eigenvalue weighted by molar-refractivity contribution is 5.99. The molecule has 1 atom stereocenters. The molecule has 0 bridgehead atoms. The van der Waals surface area contributed by atoms with Crippen LogP contribution in [0.1, 0.15) is 29.8 Å². The third-order valence-electron chi connectivity index (χ3n) is 3.90. The Morgan fingerprint density at radius 3 is 2.65 bits per heavy atom. The monoisotopic (exact) mass is 310 g/mol. The van der Waals surface area contributed by atoms with Crippen LogP contribution in [0.25, 0.3) is 11.3 Å². The molecule has 1 amide bonds. The first-order chi connectivity index (χ1) is 11.0. The van der Waals surface area contributed by atoms with E-state index >= 15 is 0 Å². The van der Waals surface area contributed by atoms with Crippen LogP contribution in [0.5, 0.6) is 0 Å². The van der Waals surface area contributed by atoms with Gasteiger partial charge in [-0.1, -0.05) is 6.07 Å². The van der Waals surface area contributed by atoms with Crippen LogP contribution in [-0.2, 0) is 4.74 Å². The molecule has 5 nitrogen and oxygen atoms in total. The van der Waals surface area contributed by atoms with Gasteiger partial charge in [0.1, 0.15) is 6.61 Å². The Balaban J connectivity index is 2.11. The average molecular weight is 310 g/mol. The highest BCUT2D eigenvalue weighted by atomic mass is 16.6. The van der Waals surface area contributed by atoms with Crippen molar-refractivity contribution in [3.8, 4) is 11.3 Å². The number of carbonyl (C=O) groups is 2. The predicted molar refractivity (Wildman–Crippen MR) is 87.7 cm³/mol. The third-order valence-corrected chi connectivity index (χ3v) is 3.90. The summed E-state index contributed by atoms with van der Waals surface area (Å²) in [4.78, 5) is 29.8. The molecule has 1 fully saturated rings. The van der Waals surface area contributed by atoms with Gasteiger partial charge < -0.3 is 4.74 Å². The van der Waals surface area contributed by atoms with Crippen LogP contribution in [0.2, 0.25) is 0 Å². The molecule has 1 unspecified atom stereocenters. The van der Waals surface area contributed by atoms with Gasteiger partial charge in [0.05, 0.1) is 11.7 Å². The van der Waals surface area contributed by atoms with Crippen molar-refractivity contribution in [1.29, 1.82) is 0 Å². The molecule has 1 aromatic heterocycles. The summed E-state index contributed by atoms with van der Waals surface area (Å²) in [5.41, 5.74) is 3.84. The van der Waals surface area contributed by atoms with E-state index in [0.717, 1.165) is 16.8 Å². The maximum atomic E-state index is 12.0. The molecule has 1 aliphatic rings. The number of Topliss-reactive ketones (excluding diaryl/α,β-unsaturated/α-hetero) is 1. The lowest BCUT2D eigenvalue weighted by molar-refractivity contribution is 0.101. The largest absolute Gasteiger partial charge is 0.447 e. The van der Waals surface area contributed by atoms with E-state index < -0.39 is 0 Å². The standard InChI is InChI=1S/C18H18N2O3/c1-11-4-5-17(19-9-11)15-6-14(13(3)21)7-16(8-15)20-12(2)10-23-18(20)22/h4-9,12H,10H2,1-3H3. The fraction of sp³-hybridized carbons (Fsp3) is 0.278. The number of ether oxygens (including phenoxy) is 1. The fourth-order valence-electron chi connectivity index (χ4n) is 2.62. The fourth-order valence-corrected chi connectivity index (χ4v) is 2.62. The van der Waals surface area contributed by atoms with Gasteiger partial charge in [-0.25, -0.2) is 4.79 Å². The number of hydrogen-bond acceptors (Lipinski definition) is 4. The second-order valence-corrected chi connectivity index (χ2v) is 5.84. The summed E-state index contributed by atoms with van der Waals surface area (Å²) >= 11 is 0. The lowest BCUT2D eigenvalue weighted by Crippen LogP contribution is -2.31. The average Bonchev–Trinajstić information content (AvgIpc) is 2.86. The van der Waals surface area contributed by atoms with Crippen LogP contribution in [0, 0.1) is 6.92 Å². The molecule has 1 aromatic carbocycles. The molecule has 23 heavy (non-hydrogen) atoms. The molecule has 3 rings (SSSR count). The number of cyclic esters (lactones) is 1. The van der Waals surface area contributed by atoms with Crippen LogP contribution < -0.4 is 4.90 Å². The number of rotatable bonds is 3. The Morgan fingerprint density at radius 1 is 1.30 bits per heavy atom. The van der Waals surface area contributed by atoms with Crippen molar-refractivity contribution in [2.24, 2.45) is 0 Å². The molecule has 2 aromatic rings. The SMILES string of the molecule is CC(=O)c1cc(-c2ccc(C)cn2)cc(N2C(=O)OCC2C)c1. The Hall–Kier alpha value is -2.69. The van der Waals surface area contributed by atoms with Gasteiger partial charge in [0.2, 0.25) is 0 Å². The zero-order chi connectivity index (χ0) is 16.6. The van der Waals surface area contributed by atoms with Crippen LogP contribution in [0.3, 0.4) is 0 Å². The Kier molecular flexibility index (Phi) is 3.86. The Morgan fingerprint density at radius 2 is 2.09 bits per heavy atom. The van der Waals surface area contributed by atoms with Crippen molar-refractivity contribution in [2.75, 3.05) is 11.5 Å². The smallest absolute Gasteiger partial charge is 0.414 e. The van der Waals surface area contributed by atoms with E-state index in [2.05, 4.69) is 4.98 Å². The normalized spacial score (nSPS) is 17.3. The van der Waals surface area contributed by atoms with Crippen molar-refractivity contribution >= 4 is 17.6 Å². The second kappa shape index (κ2) is 5.83. The first kappa shape index (κ1) is 15.2. The number of aromatic nitrogens is 1. The molecule has 0 saturated carbocycles. The maximum Gasteiger partial charge on any atom is 0.414 e. The van der Waals surface area contributed by atoms with E-state index in [1.807, 2.05) is 32.0 Å². The summed E-state index contributed by atoms with van der Waals surface area (Å²) in [5.74, 6) is -0.0552. The quantitative estimate of drug-likeness (QED) is 0.813. The number of ketones is 1. The first-order valence-electron chi connectivity index (χ1n) is 7.51. The Bertz CT molecular complexity index is 768. The second-order valence-electron chi connectivity index (χ2n) is 5.84. The summed E-state index contributed by atoms with van der Waals surface area (Å²) in [6.07, 6.45) is 1.39. The summed E-state index contributed by atoms with van der Waals surface area (Å²) < 4.78 is 5.08. The molecular weight excluding hydrogens is 292 g/mol. The van der Waals surface area contributed by atoms with Crippen LogP contribution in [0.4, 0.5) is 10.5 Å². The van der Waals surface area contributed by atoms with E-state index in [9.17, 15) is 9.59 Å². The molecule has 0 N–H and O–H groups in total. The molecule has 0 aliphatic carbocycles. The summed E-state index contributed by atoms with van der Waals surface area (Å²) in [6.45, 7) is 5.74. The molecule has 118 valence electrons. The van der Waals surface area contributed by atoms with Gasteiger partial charge in [-0.15, -0.1) is 0 Å². The van der Waals surface area contributed by atoms with E-state index in [4.69, 9.17) is 4.74 Å². The molecular formula is C18H18N2O3. The number of benzene rings is 1. The number of hydrogen-bond donors (Lipinski definition) is 0. The van der Waals surface area contributed by atoms with Gasteiger partial charge in [0, 0.05) is 23.0 Å². The van der Waals surface area contributed by atoms with Crippen molar-refractivity contribution in [3.05, 3.63) is 47.7 Å². The van der Waals surface area contributed by atoms with E-state index in [0.29, 0.717) is 17.9 Å². The maximum absolute atomic E-state index is 12.0. The first-order valence-corrected chi connectivity index (χ1v) is 7.51. The zero-order valence-corrected chi connectivity index (χ0v) is 13.4.